The molecule has 9 heteroatoms. The van der Waals surface area contributed by atoms with Crippen molar-refractivity contribution in [2.45, 2.75) is 13.0 Å². The molecule has 0 aliphatic carbocycles. The summed E-state index contributed by atoms with van der Waals surface area (Å²) in [5, 5.41) is 18.8. The van der Waals surface area contributed by atoms with E-state index in [2.05, 4.69) is 50.9 Å². The van der Waals surface area contributed by atoms with Crippen LogP contribution in [0.4, 0.5) is 10.5 Å². The van der Waals surface area contributed by atoms with Gasteiger partial charge >= 0.3 is 11.9 Å². The van der Waals surface area contributed by atoms with Gasteiger partial charge in [-0.05, 0) is 34.9 Å². The SMILES string of the molecule is O=C(O)OC(O)n1c(=O)oc2c(N3CCN(Cc4cccc(-c5ccccc5)c4)CC3)cccc21. The first-order chi connectivity index (χ1) is 17.0. The topological polar surface area (TPSA) is 108 Å². The lowest BCUT2D eigenvalue weighted by atomic mass is 10.0. The molecule has 1 aliphatic rings. The molecule has 1 aromatic heterocycles. The van der Waals surface area contributed by atoms with Crippen LogP contribution < -0.4 is 10.7 Å². The van der Waals surface area contributed by atoms with Crippen LogP contribution in [0.3, 0.4) is 0 Å². The quantitative estimate of drug-likeness (QED) is 0.321. The van der Waals surface area contributed by atoms with Gasteiger partial charge in [-0.15, -0.1) is 0 Å². The van der Waals surface area contributed by atoms with Gasteiger partial charge in [-0.25, -0.2) is 14.2 Å². The second kappa shape index (κ2) is 9.65. The molecular weight excluding hydrogens is 450 g/mol. The molecule has 2 N–H and O–H groups in total. The van der Waals surface area contributed by atoms with Gasteiger partial charge in [-0.2, -0.15) is 0 Å². The smallest absolute Gasteiger partial charge is 0.450 e. The number of ether oxygens (including phenoxy) is 1. The van der Waals surface area contributed by atoms with E-state index >= 15 is 0 Å². The number of carbonyl (C=O) groups is 1. The number of nitrogens with zero attached hydrogens (tertiary/aromatic N) is 3. The van der Waals surface area contributed by atoms with Crippen molar-refractivity contribution in [2.75, 3.05) is 31.1 Å². The molecule has 0 saturated carbocycles. The molecule has 1 aliphatic heterocycles. The van der Waals surface area contributed by atoms with Crippen LogP contribution in [0.2, 0.25) is 0 Å². The summed E-state index contributed by atoms with van der Waals surface area (Å²) in [5.41, 5.74) is 4.90. The zero-order chi connectivity index (χ0) is 24.4. The molecule has 0 amide bonds. The van der Waals surface area contributed by atoms with Crippen LogP contribution in [0.25, 0.3) is 22.2 Å². The van der Waals surface area contributed by atoms with Gasteiger partial charge in [0, 0.05) is 32.7 Å². The maximum Gasteiger partial charge on any atom is 0.509 e. The van der Waals surface area contributed by atoms with Crippen LogP contribution in [0.5, 0.6) is 0 Å². The molecule has 2 heterocycles. The van der Waals surface area contributed by atoms with E-state index in [-0.39, 0.29) is 11.1 Å². The minimum Gasteiger partial charge on any atom is -0.450 e. The van der Waals surface area contributed by atoms with Gasteiger partial charge in [0.1, 0.15) is 0 Å². The molecule has 9 nitrogen and oxygen atoms in total. The van der Waals surface area contributed by atoms with E-state index in [4.69, 9.17) is 9.52 Å². The number of aliphatic hydroxyl groups excluding tert-OH is 1. The number of aliphatic hydroxyl groups is 1. The molecule has 0 bridgehead atoms. The lowest BCUT2D eigenvalue weighted by Gasteiger charge is -2.36. The van der Waals surface area contributed by atoms with Crippen LogP contribution in [-0.4, -0.2) is 52.0 Å². The van der Waals surface area contributed by atoms with Gasteiger partial charge in [0.2, 0.25) is 0 Å². The number of fused-ring (bicyclic) bond motifs is 1. The van der Waals surface area contributed by atoms with Crippen molar-refractivity contribution in [1.29, 1.82) is 0 Å². The Kier molecular flexibility index (Phi) is 6.26. The molecule has 1 fully saturated rings. The van der Waals surface area contributed by atoms with Gasteiger partial charge in [-0.3, -0.25) is 4.90 Å². The van der Waals surface area contributed by atoms with Gasteiger partial charge in [0.25, 0.3) is 6.41 Å². The van der Waals surface area contributed by atoms with Crippen LogP contribution in [0.1, 0.15) is 12.0 Å². The normalized spacial score (nSPS) is 15.3. The fraction of sp³-hybridized carbons (Fsp3) is 0.231. The summed E-state index contributed by atoms with van der Waals surface area (Å²) in [4.78, 5) is 27.6. The third-order valence-electron chi connectivity index (χ3n) is 6.20. The number of aromatic nitrogens is 1. The maximum atomic E-state index is 12.3. The maximum absolute atomic E-state index is 12.3. The number of para-hydroxylation sites is 1. The Morgan fingerprint density at radius 2 is 1.66 bits per heavy atom. The molecule has 0 radical (unpaired) electrons. The van der Waals surface area contributed by atoms with Gasteiger partial charge in [0.15, 0.2) is 5.58 Å². The first kappa shape index (κ1) is 22.7. The zero-order valence-electron chi connectivity index (χ0n) is 18.9. The van der Waals surface area contributed by atoms with Crippen molar-refractivity contribution >= 4 is 22.9 Å². The third-order valence-corrected chi connectivity index (χ3v) is 6.20. The third kappa shape index (κ3) is 4.77. The monoisotopic (exact) mass is 475 g/mol. The number of piperazine rings is 1. The van der Waals surface area contributed by atoms with E-state index in [1.54, 1.807) is 12.1 Å². The largest absolute Gasteiger partial charge is 0.509 e. The molecule has 1 atom stereocenters. The van der Waals surface area contributed by atoms with E-state index in [1.165, 1.54) is 16.7 Å². The van der Waals surface area contributed by atoms with Crippen molar-refractivity contribution in [3.63, 3.8) is 0 Å². The number of hydrogen-bond donors (Lipinski definition) is 2. The number of carboxylic acid groups (broad SMARTS) is 1. The number of benzene rings is 3. The van der Waals surface area contributed by atoms with Crippen molar-refractivity contribution in [2.24, 2.45) is 0 Å². The highest BCUT2D eigenvalue weighted by Crippen LogP contribution is 2.29. The molecule has 0 spiro atoms. The minimum absolute atomic E-state index is 0.265. The van der Waals surface area contributed by atoms with Crippen LogP contribution in [0, 0.1) is 0 Å². The molecule has 1 unspecified atom stereocenters. The Morgan fingerprint density at radius 1 is 0.943 bits per heavy atom. The first-order valence-corrected chi connectivity index (χ1v) is 11.3. The summed E-state index contributed by atoms with van der Waals surface area (Å²) in [6.07, 6.45) is -3.68. The summed E-state index contributed by atoms with van der Waals surface area (Å²) >= 11 is 0. The molecule has 3 aromatic carbocycles. The Bertz CT molecular complexity index is 1390. The summed E-state index contributed by atoms with van der Waals surface area (Å²) in [6.45, 7) is 3.92. The minimum atomic E-state index is -1.99. The van der Waals surface area contributed by atoms with E-state index in [0.717, 1.165) is 37.3 Å². The Hall–Kier alpha value is -4.08. The molecular formula is C26H25N3O6. The molecule has 180 valence electrons. The summed E-state index contributed by atoms with van der Waals surface area (Å²) in [5.74, 6) is -0.891. The zero-order valence-corrected chi connectivity index (χ0v) is 18.9. The highest BCUT2D eigenvalue weighted by Gasteiger charge is 2.25. The van der Waals surface area contributed by atoms with Crippen LogP contribution in [-0.2, 0) is 11.3 Å². The Balaban J connectivity index is 1.29. The van der Waals surface area contributed by atoms with E-state index < -0.39 is 18.3 Å². The molecule has 1 saturated heterocycles. The number of oxazole rings is 1. The predicted octanol–water partition coefficient (Wildman–Crippen LogP) is 3.73. The first-order valence-electron chi connectivity index (χ1n) is 11.3. The van der Waals surface area contributed by atoms with Crippen molar-refractivity contribution in [3.8, 4) is 11.1 Å². The van der Waals surface area contributed by atoms with Crippen LogP contribution in [0.15, 0.2) is 82.0 Å². The van der Waals surface area contributed by atoms with Crippen molar-refractivity contribution in [1.82, 2.24) is 9.47 Å². The number of anilines is 1. The fourth-order valence-corrected chi connectivity index (χ4v) is 4.53. The molecule has 35 heavy (non-hydrogen) atoms. The van der Waals surface area contributed by atoms with Crippen LogP contribution >= 0.6 is 0 Å². The summed E-state index contributed by atoms with van der Waals surface area (Å²) < 4.78 is 10.5. The van der Waals surface area contributed by atoms with Crippen molar-refractivity contribution < 1.29 is 24.2 Å². The average molecular weight is 476 g/mol. The summed E-state index contributed by atoms with van der Waals surface area (Å²) in [7, 11) is 0. The lowest BCUT2D eigenvalue weighted by molar-refractivity contribution is -0.122. The van der Waals surface area contributed by atoms with Crippen molar-refractivity contribution in [3.05, 3.63) is 88.9 Å². The Morgan fingerprint density at radius 3 is 2.40 bits per heavy atom. The standard InChI is InChI=1S/C26H25N3O6/c30-24-29(25(31)35-26(32)33)22-11-5-10-21(23(22)34-24)28-14-12-27(13-15-28)17-18-6-4-9-20(16-18)19-7-2-1-3-8-19/h1-11,16,25,31H,12-15,17H2,(H,32,33). The highest BCUT2D eigenvalue weighted by molar-refractivity contribution is 5.87. The summed E-state index contributed by atoms with van der Waals surface area (Å²) in [6, 6.07) is 24.0. The lowest BCUT2D eigenvalue weighted by Crippen LogP contribution is -2.46. The van der Waals surface area contributed by atoms with Gasteiger partial charge in [-0.1, -0.05) is 54.6 Å². The second-order valence-corrected chi connectivity index (χ2v) is 8.40. The van der Waals surface area contributed by atoms with Gasteiger partial charge < -0.3 is 24.3 Å². The fourth-order valence-electron chi connectivity index (χ4n) is 4.53. The van der Waals surface area contributed by atoms with E-state index in [0.29, 0.717) is 5.69 Å². The number of rotatable bonds is 6. The predicted molar refractivity (Wildman–Crippen MR) is 130 cm³/mol. The highest BCUT2D eigenvalue weighted by atomic mass is 16.7. The average Bonchev–Trinajstić information content (AvgIpc) is 3.21. The van der Waals surface area contributed by atoms with E-state index in [1.807, 2.05) is 24.3 Å². The molecule has 4 aromatic rings. The number of hydrogen-bond acceptors (Lipinski definition) is 7. The van der Waals surface area contributed by atoms with Gasteiger partial charge in [0.05, 0.1) is 11.2 Å². The Labute approximate surface area is 201 Å². The van der Waals surface area contributed by atoms with E-state index in [9.17, 15) is 14.7 Å². The molecule has 5 rings (SSSR count). The second-order valence-electron chi connectivity index (χ2n) is 8.40.